The first-order valence-corrected chi connectivity index (χ1v) is 4.81. The largest absolute Gasteiger partial charge is 0.480 e. The first-order valence-electron chi connectivity index (χ1n) is 4.43. The summed E-state index contributed by atoms with van der Waals surface area (Å²) >= 11 is 5.57. The molecule has 0 radical (unpaired) electrons. The van der Waals surface area contributed by atoms with Gasteiger partial charge in [0.2, 0.25) is 0 Å². The predicted molar refractivity (Wildman–Crippen MR) is 55.3 cm³/mol. The zero-order valence-corrected chi connectivity index (χ0v) is 8.67. The fourth-order valence-corrected chi connectivity index (χ4v) is 1.32. The molecule has 5 heteroatoms. The Labute approximate surface area is 91.7 Å². The van der Waals surface area contributed by atoms with Crippen LogP contribution in [0.3, 0.4) is 0 Å². The minimum absolute atomic E-state index is 0.202. The summed E-state index contributed by atoms with van der Waals surface area (Å²) in [6, 6.07) is 3.34. The van der Waals surface area contributed by atoms with Gasteiger partial charge >= 0.3 is 5.97 Å². The van der Waals surface area contributed by atoms with Crippen LogP contribution < -0.4 is 5.73 Å². The van der Waals surface area contributed by atoms with Crippen molar-refractivity contribution in [2.45, 2.75) is 18.9 Å². The Bertz CT molecular complexity index is 370. The highest BCUT2D eigenvalue weighted by atomic mass is 35.5. The minimum atomic E-state index is -1.08. The van der Waals surface area contributed by atoms with E-state index in [0.717, 1.165) is 0 Å². The molecule has 1 aromatic carbocycles. The molecule has 1 unspecified atom stereocenters. The van der Waals surface area contributed by atoms with Crippen LogP contribution in [0.4, 0.5) is 4.39 Å². The average Bonchev–Trinajstić information content (AvgIpc) is 2.15. The van der Waals surface area contributed by atoms with Gasteiger partial charge in [0.1, 0.15) is 11.9 Å². The number of benzene rings is 1. The van der Waals surface area contributed by atoms with Gasteiger partial charge in [0.05, 0.1) is 0 Å². The molecule has 1 atom stereocenters. The third-order valence-electron chi connectivity index (χ3n) is 2.06. The van der Waals surface area contributed by atoms with E-state index in [1.807, 2.05) is 0 Å². The summed E-state index contributed by atoms with van der Waals surface area (Å²) in [7, 11) is 0. The molecular weight excluding hydrogens is 221 g/mol. The topological polar surface area (TPSA) is 63.3 Å². The van der Waals surface area contributed by atoms with Crippen molar-refractivity contribution in [2.24, 2.45) is 5.73 Å². The van der Waals surface area contributed by atoms with Gasteiger partial charge in [-0.25, -0.2) is 4.39 Å². The third kappa shape index (κ3) is 3.49. The zero-order chi connectivity index (χ0) is 11.4. The predicted octanol–water partition coefficient (Wildman–Crippen LogP) is 1.82. The molecule has 3 nitrogen and oxygen atoms in total. The van der Waals surface area contributed by atoms with Crippen LogP contribution in [0.5, 0.6) is 0 Å². The smallest absolute Gasteiger partial charge is 0.320 e. The Kier molecular flexibility index (Phi) is 4.05. The van der Waals surface area contributed by atoms with Crippen LogP contribution in [0, 0.1) is 5.82 Å². The number of carboxylic acids is 1. The van der Waals surface area contributed by atoms with Crippen molar-refractivity contribution in [3.63, 3.8) is 0 Å². The normalized spacial score (nSPS) is 12.5. The van der Waals surface area contributed by atoms with E-state index in [2.05, 4.69) is 0 Å². The van der Waals surface area contributed by atoms with E-state index in [1.165, 1.54) is 12.1 Å². The lowest BCUT2D eigenvalue weighted by molar-refractivity contribution is -0.138. The maximum atomic E-state index is 13.2. The Balaban J connectivity index is 2.62. The van der Waals surface area contributed by atoms with Crippen molar-refractivity contribution < 1.29 is 14.3 Å². The molecule has 15 heavy (non-hydrogen) atoms. The third-order valence-corrected chi connectivity index (χ3v) is 2.29. The number of halogens is 2. The van der Waals surface area contributed by atoms with Gasteiger partial charge in [-0.05, 0) is 30.5 Å². The van der Waals surface area contributed by atoms with Gasteiger partial charge in [0.25, 0.3) is 0 Å². The number of hydrogen-bond donors (Lipinski definition) is 2. The molecule has 0 aliphatic heterocycles. The highest BCUT2D eigenvalue weighted by molar-refractivity contribution is 6.30. The summed E-state index contributed by atoms with van der Waals surface area (Å²) < 4.78 is 13.2. The number of carboxylic acid groups (broad SMARTS) is 1. The summed E-state index contributed by atoms with van der Waals surface area (Å²) in [6.07, 6.45) is 0.490. The minimum Gasteiger partial charge on any atom is -0.480 e. The molecule has 0 aromatic heterocycles. The van der Waals surface area contributed by atoms with Crippen LogP contribution in [-0.4, -0.2) is 17.1 Å². The van der Waals surface area contributed by atoms with Crippen molar-refractivity contribution in [1.82, 2.24) is 0 Å². The molecule has 82 valence electrons. The lowest BCUT2D eigenvalue weighted by Crippen LogP contribution is -2.30. The van der Waals surface area contributed by atoms with Crippen LogP contribution in [-0.2, 0) is 11.2 Å². The van der Waals surface area contributed by atoms with E-state index in [1.54, 1.807) is 6.07 Å². The number of nitrogens with two attached hydrogens (primary N) is 1. The molecule has 0 heterocycles. The molecule has 3 N–H and O–H groups in total. The number of aliphatic carboxylic acids is 1. The summed E-state index contributed by atoms with van der Waals surface area (Å²) in [5.41, 5.74) is 5.72. The summed E-state index contributed by atoms with van der Waals surface area (Å²) in [4.78, 5) is 10.4. The van der Waals surface area contributed by atoms with Crippen LogP contribution in [0.25, 0.3) is 0 Å². The number of aryl methyl sites for hydroxylation is 1. The summed E-state index contributed by atoms with van der Waals surface area (Å²) in [6.45, 7) is 0. The molecular formula is C10H11ClFNO2. The Morgan fingerprint density at radius 3 is 2.80 bits per heavy atom. The molecule has 0 amide bonds. The summed E-state index contributed by atoms with van der Waals surface area (Å²) in [5.74, 6) is -1.51. The molecule has 1 rings (SSSR count). The number of hydrogen-bond acceptors (Lipinski definition) is 2. The van der Waals surface area contributed by atoms with E-state index in [4.69, 9.17) is 22.4 Å². The maximum Gasteiger partial charge on any atom is 0.320 e. The van der Waals surface area contributed by atoms with Gasteiger partial charge in [0.15, 0.2) is 0 Å². The van der Waals surface area contributed by atoms with Crippen molar-refractivity contribution in [2.75, 3.05) is 0 Å². The van der Waals surface area contributed by atoms with Gasteiger partial charge in [-0.3, -0.25) is 4.79 Å². The Morgan fingerprint density at radius 1 is 1.60 bits per heavy atom. The van der Waals surface area contributed by atoms with E-state index in [-0.39, 0.29) is 12.8 Å². The molecule has 0 aliphatic carbocycles. The first-order chi connectivity index (χ1) is 7.00. The Morgan fingerprint density at radius 2 is 2.27 bits per heavy atom. The van der Waals surface area contributed by atoms with Crippen LogP contribution >= 0.6 is 11.6 Å². The fraction of sp³-hybridized carbons (Fsp3) is 0.300. The standard InChI is InChI=1S/C10H11ClFNO2/c11-7-3-1-6(8(12)5-7)2-4-9(13)10(14)15/h1,3,5,9H,2,4,13H2,(H,14,15). The van der Waals surface area contributed by atoms with E-state index >= 15 is 0 Å². The maximum absolute atomic E-state index is 13.2. The molecule has 0 saturated carbocycles. The Hall–Kier alpha value is -1.13. The monoisotopic (exact) mass is 231 g/mol. The molecule has 0 fully saturated rings. The molecule has 0 saturated heterocycles. The second-order valence-corrected chi connectivity index (χ2v) is 3.66. The van der Waals surface area contributed by atoms with Gasteiger partial charge in [-0.2, -0.15) is 0 Å². The average molecular weight is 232 g/mol. The van der Waals surface area contributed by atoms with Gasteiger partial charge < -0.3 is 10.8 Å². The van der Waals surface area contributed by atoms with Crippen molar-refractivity contribution in [3.8, 4) is 0 Å². The van der Waals surface area contributed by atoms with Gasteiger partial charge in [0, 0.05) is 5.02 Å². The molecule has 1 aromatic rings. The first kappa shape index (κ1) is 11.9. The van der Waals surface area contributed by atoms with Gasteiger partial charge in [-0.1, -0.05) is 17.7 Å². The van der Waals surface area contributed by atoms with Crippen molar-refractivity contribution in [1.29, 1.82) is 0 Å². The van der Waals surface area contributed by atoms with Crippen LogP contribution in [0.15, 0.2) is 18.2 Å². The quantitative estimate of drug-likeness (QED) is 0.831. The SMILES string of the molecule is NC(CCc1ccc(Cl)cc1F)C(=O)O. The zero-order valence-electron chi connectivity index (χ0n) is 7.91. The highest BCUT2D eigenvalue weighted by Gasteiger charge is 2.12. The highest BCUT2D eigenvalue weighted by Crippen LogP contribution is 2.16. The lowest BCUT2D eigenvalue weighted by Gasteiger charge is -2.07. The van der Waals surface area contributed by atoms with E-state index in [9.17, 15) is 9.18 Å². The van der Waals surface area contributed by atoms with Crippen LogP contribution in [0.2, 0.25) is 5.02 Å². The number of rotatable bonds is 4. The molecule has 0 aliphatic rings. The van der Waals surface area contributed by atoms with E-state index < -0.39 is 17.8 Å². The summed E-state index contributed by atoms with van der Waals surface area (Å²) in [5, 5.41) is 8.85. The van der Waals surface area contributed by atoms with Crippen molar-refractivity contribution >= 4 is 17.6 Å². The fourth-order valence-electron chi connectivity index (χ4n) is 1.16. The lowest BCUT2D eigenvalue weighted by atomic mass is 10.1. The number of carbonyl (C=O) groups is 1. The van der Waals surface area contributed by atoms with E-state index in [0.29, 0.717) is 10.6 Å². The van der Waals surface area contributed by atoms with Crippen molar-refractivity contribution in [3.05, 3.63) is 34.6 Å². The second-order valence-electron chi connectivity index (χ2n) is 3.22. The molecule has 0 spiro atoms. The van der Waals surface area contributed by atoms with Gasteiger partial charge in [-0.15, -0.1) is 0 Å². The molecule has 0 bridgehead atoms. The second kappa shape index (κ2) is 5.09. The van der Waals surface area contributed by atoms with Crippen LogP contribution in [0.1, 0.15) is 12.0 Å².